The third-order valence-electron chi connectivity index (χ3n) is 4.18. The Morgan fingerprint density at radius 2 is 1.95 bits per heavy atom. The SMILES string of the molecule is O=C(Cc1ccc(F)cc1Br)C1CCc2ccccc2C1. The minimum absolute atomic E-state index is 0.0804. The summed E-state index contributed by atoms with van der Waals surface area (Å²) >= 11 is 3.33. The highest BCUT2D eigenvalue weighted by atomic mass is 79.9. The number of Topliss-reactive ketones (excluding diaryl/α,β-unsaturated/α-hetero) is 1. The molecule has 0 heterocycles. The molecule has 1 aliphatic rings. The lowest BCUT2D eigenvalue weighted by atomic mass is 9.80. The van der Waals surface area contributed by atoms with Gasteiger partial charge in [-0.25, -0.2) is 4.39 Å². The molecule has 3 rings (SSSR count). The number of hydrogen-bond acceptors (Lipinski definition) is 1. The standard InChI is InChI=1S/C18H16BrFO/c19-17-11-16(20)8-7-14(17)10-18(21)15-6-5-12-3-1-2-4-13(12)9-15/h1-4,7-8,11,15H,5-6,9-10H2. The molecule has 0 spiro atoms. The second-order valence-electron chi connectivity index (χ2n) is 5.59. The maximum Gasteiger partial charge on any atom is 0.140 e. The van der Waals surface area contributed by atoms with Crippen molar-refractivity contribution in [3.63, 3.8) is 0 Å². The van der Waals surface area contributed by atoms with E-state index in [1.807, 2.05) is 6.07 Å². The molecular formula is C18H16BrFO. The molecule has 1 nitrogen and oxygen atoms in total. The first kappa shape index (κ1) is 14.5. The van der Waals surface area contributed by atoms with Gasteiger partial charge in [0.1, 0.15) is 11.6 Å². The molecule has 0 radical (unpaired) electrons. The van der Waals surface area contributed by atoms with Gasteiger partial charge >= 0.3 is 0 Å². The van der Waals surface area contributed by atoms with E-state index >= 15 is 0 Å². The average molecular weight is 347 g/mol. The van der Waals surface area contributed by atoms with Crippen molar-refractivity contribution >= 4 is 21.7 Å². The summed E-state index contributed by atoms with van der Waals surface area (Å²) in [6, 6.07) is 12.9. The van der Waals surface area contributed by atoms with E-state index in [1.165, 1.54) is 23.3 Å². The Hall–Kier alpha value is -1.48. The number of carbonyl (C=O) groups excluding carboxylic acids is 1. The normalized spacial score (nSPS) is 17.3. The maximum absolute atomic E-state index is 13.1. The average Bonchev–Trinajstić information content (AvgIpc) is 2.49. The highest BCUT2D eigenvalue weighted by Crippen LogP contribution is 2.28. The van der Waals surface area contributed by atoms with Crippen LogP contribution in [0.2, 0.25) is 0 Å². The van der Waals surface area contributed by atoms with Crippen molar-refractivity contribution in [2.75, 3.05) is 0 Å². The lowest BCUT2D eigenvalue weighted by Gasteiger charge is -2.23. The summed E-state index contributed by atoms with van der Waals surface area (Å²) in [4.78, 5) is 12.5. The number of halogens is 2. The number of fused-ring (bicyclic) bond motifs is 1. The lowest BCUT2D eigenvalue weighted by molar-refractivity contribution is -0.122. The molecule has 0 saturated carbocycles. The van der Waals surface area contributed by atoms with Gasteiger partial charge in [0.25, 0.3) is 0 Å². The monoisotopic (exact) mass is 346 g/mol. The van der Waals surface area contributed by atoms with Crippen LogP contribution in [0.5, 0.6) is 0 Å². The molecule has 0 saturated heterocycles. The smallest absolute Gasteiger partial charge is 0.140 e. The Kier molecular flexibility index (Phi) is 4.20. The predicted molar refractivity (Wildman–Crippen MR) is 84.8 cm³/mol. The van der Waals surface area contributed by atoms with Gasteiger partial charge in [-0.05, 0) is 48.1 Å². The van der Waals surface area contributed by atoms with Crippen molar-refractivity contribution in [1.82, 2.24) is 0 Å². The molecule has 0 bridgehead atoms. The fourth-order valence-corrected chi connectivity index (χ4v) is 3.46. The lowest BCUT2D eigenvalue weighted by Crippen LogP contribution is -2.24. The van der Waals surface area contributed by atoms with Gasteiger partial charge in [0, 0.05) is 16.8 Å². The highest BCUT2D eigenvalue weighted by molar-refractivity contribution is 9.10. The minimum atomic E-state index is -0.287. The van der Waals surface area contributed by atoms with E-state index < -0.39 is 0 Å². The Bertz CT molecular complexity index is 681. The van der Waals surface area contributed by atoms with Crippen LogP contribution in [0.25, 0.3) is 0 Å². The Morgan fingerprint density at radius 3 is 2.71 bits per heavy atom. The summed E-state index contributed by atoms with van der Waals surface area (Å²) in [7, 11) is 0. The van der Waals surface area contributed by atoms with Gasteiger partial charge < -0.3 is 0 Å². The number of benzene rings is 2. The Balaban J connectivity index is 1.72. The van der Waals surface area contributed by atoms with Gasteiger partial charge in [0.2, 0.25) is 0 Å². The van der Waals surface area contributed by atoms with Crippen molar-refractivity contribution in [2.45, 2.75) is 25.7 Å². The topological polar surface area (TPSA) is 17.1 Å². The molecule has 0 amide bonds. The van der Waals surface area contributed by atoms with Gasteiger partial charge in [-0.3, -0.25) is 4.79 Å². The van der Waals surface area contributed by atoms with E-state index in [0.29, 0.717) is 10.9 Å². The van der Waals surface area contributed by atoms with E-state index in [1.54, 1.807) is 6.07 Å². The van der Waals surface area contributed by atoms with Gasteiger partial charge in [0.15, 0.2) is 0 Å². The van der Waals surface area contributed by atoms with Crippen molar-refractivity contribution in [2.24, 2.45) is 5.92 Å². The van der Waals surface area contributed by atoms with Crippen LogP contribution in [0.3, 0.4) is 0 Å². The van der Waals surface area contributed by atoms with Crippen LogP contribution in [-0.2, 0) is 24.1 Å². The molecule has 108 valence electrons. The van der Waals surface area contributed by atoms with Crippen LogP contribution in [0, 0.1) is 11.7 Å². The van der Waals surface area contributed by atoms with E-state index in [2.05, 4.69) is 34.1 Å². The molecular weight excluding hydrogens is 331 g/mol. The highest BCUT2D eigenvalue weighted by Gasteiger charge is 2.24. The van der Waals surface area contributed by atoms with Crippen LogP contribution in [0.1, 0.15) is 23.1 Å². The third-order valence-corrected chi connectivity index (χ3v) is 4.92. The van der Waals surface area contributed by atoms with Crippen molar-refractivity contribution in [3.05, 3.63) is 69.4 Å². The Morgan fingerprint density at radius 1 is 1.19 bits per heavy atom. The van der Waals surface area contributed by atoms with Crippen molar-refractivity contribution < 1.29 is 9.18 Å². The molecule has 2 aromatic carbocycles. The van der Waals surface area contributed by atoms with E-state index in [-0.39, 0.29) is 17.5 Å². The molecule has 3 heteroatoms. The number of rotatable bonds is 3. The first-order valence-corrected chi connectivity index (χ1v) is 7.96. The number of hydrogen-bond donors (Lipinski definition) is 0. The zero-order valence-corrected chi connectivity index (χ0v) is 13.2. The van der Waals surface area contributed by atoms with Gasteiger partial charge in [-0.1, -0.05) is 46.3 Å². The summed E-state index contributed by atoms with van der Waals surface area (Å²) in [5, 5.41) is 0. The maximum atomic E-state index is 13.1. The molecule has 0 aliphatic heterocycles. The number of carbonyl (C=O) groups is 1. The van der Waals surface area contributed by atoms with Gasteiger partial charge in [-0.15, -0.1) is 0 Å². The van der Waals surface area contributed by atoms with Crippen LogP contribution in [-0.4, -0.2) is 5.78 Å². The van der Waals surface area contributed by atoms with Crippen molar-refractivity contribution in [1.29, 1.82) is 0 Å². The summed E-state index contributed by atoms with van der Waals surface area (Å²) in [5.74, 6) is 0.0401. The molecule has 1 unspecified atom stereocenters. The summed E-state index contributed by atoms with van der Waals surface area (Å²) < 4.78 is 13.8. The molecule has 2 aromatic rings. The summed E-state index contributed by atoms with van der Waals surface area (Å²) in [5.41, 5.74) is 3.52. The molecule has 0 fully saturated rings. The minimum Gasteiger partial charge on any atom is -0.299 e. The molecule has 21 heavy (non-hydrogen) atoms. The van der Waals surface area contributed by atoms with Crippen LogP contribution in [0.4, 0.5) is 4.39 Å². The van der Waals surface area contributed by atoms with Gasteiger partial charge in [-0.2, -0.15) is 0 Å². The first-order chi connectivity index (χ1) is 10.1. The van der Waals surface area contributed by atoms with Gasteiger partial charge in [0.05, 0.1) is 0 Å². The quantitative estimate of drug-likeness (QED) is 0.799. The number of ketones is 1. The predicted octanol–water partition coefficient (Wildman–Crippen LogP) is 4.50. The molecule has 1 aliphatic carbocycles. The fourth-order valence-electron chi connectivity index (χ4n) is 2.97. The van der Waals surface area contributed by atoms with E-state index in [0.717, 1.165) is 24.8 Å². The largest absolute Gasteiger partial charge is 0.299 e. The van der Waals surface area contributed by atoms with Crippen LogP contribution >= 0.6 is 15.9 Å². The Labute approximate surface area is 132 Å². The van der Waals surface area contributed by atoms with E-state index in [4.69, 9.17) is 0 Å². The first-order valence-electron chi connectivity index (χ1n) is 7.17. The van der Waals surface area contributed by atoms with E-state index in [9.17, 15) is 9.18 Å². The molecule has 1 atom stereocenters. The summed E-state index contributed by atoms with van der Waals surface area (Å²) in [6.07, 6.45) is 3.08. The second kappa shape index (κ2) is 6.10. The zero-order chi connectivity index (χ0) is 14.8. The zero-order valence-electron chi connectivity index (χ0n) is 11.6. The second-order valence-corrected chi connectivity index (χ2v) is 6.44. The fraction of sp³-hybridized carbons (Fsp3) is 0.278. The van der Waals surface area contributed by atoms with Crippen LogP contribution < -0.4 is 0 Å². The molecule has 0 aromatic heterocycles. The van der Waals surface area contributed by atoms with Crippen LogP contribution in [0.15, 0.2) is 46.9 Å². The molecule has 0 N–H and O–H groups in total. The number of aryl methyl sites for hydroxylation is 1. The van der Waals surface area contributed by atoms with Crippen molar-refractivity contribution in [3.8, 4) is 0 Å². The third kappa shape index (κ3) is 3.24. The summed E-state index contributed by atoms with van der Waals surface area (Å²) in [6.45, 7) is 0.